The van der Waals surface area contributed by atoms with Gasteiger partial charge in [-0.2, -0.15) is 0 Å². The third kappa shape index (κ3) is 4.88. The molecular formula is C27H35N5. The van der Waals surface area contributed by atoms with Crippen molar-refractivity contribution in [2.75, 3.05) is 36.0 Å². The van der Waals surface area contributed by atoms with E-state index in [-0.39, 0.29) is 0 Å². The number of piperidine rings is 2. The Hall–Kier alpha value is -2.66. The monoisotopic (exact) mass is 429 g/mol. The number of anilines is 2. The Balaban J connectivity index is 1.25. The first-order valence-electron chi connectivity index (χ1n) is 12.3. The van der Waals surface area contributed by atoms with E-state index in [9.17, 15) is 0 Å². The first-order chi connectivity index (χ1) is 15.8. The molecule has 1 aromatic carbocycles. The number of para-hydroxylation sites is 1. The molecule has 1 N–H and O–H groups in total. The summed E-state index contributed by atoms with van der Waals surface area (Å²) in [6.45, 7) is 8.45. The molecule has 5 heteroatoms. The van der Waals surface area contributed by atoms with E-state index in [0.717, 1.165) is 62.3 Å². The molecule has 0 radical (unpaired) electrons. The van der Waals surface area contributed by atoms with Crippen LogP contribution < -0.4 is 15.1 Å². The van der Waals surface area contributed by atoms with E-state index in [1.165, 1.54) is 48.6 Å². The van der Waals surface area contributed by atoms with E-state index in [2.05, 4.69) is 64.5 Å². The Kier molecular flexibility index (Phi) is 6.54. The summed E-state index contributed by atoms with van der Waals surface area (Å²) in [5.41, 5.74) is 3.61. The Bertz CT molecular complexity index is 1020. The van der Waals surface area contributed by atoms with Crippen LogP contribution in [-0.2, 0) is 13.1 Å². The largest absolute Gasteiger partial charge is 0.357 e. The lowest BCUT2D eigenvalue weighted by Crippen LogP contribution is -2.33. The number of hydrogen-bond donors (Lipinski definition) is 1. The number of rotatable bonds is 6. The maximum Gasteiger partial charge on any atom is 0.133 e. The van der Waals surface area contributed by atoms with Crippen molar-refractivity contribution in [1.29, 1.82) is 0 Å². The normalized spacial score (nSPS) is 17.8. The second-order valence-electron chi connectivity index (χ2n) is 9.51. The number of hydrogen-bond acceptors (Lipinski definition) is 5. The minimum Gasteiger partial charge on any atom is -0.357 e. The lowest BCUT2D eigenvalue weighted by molar-refractivity contribution is 0.436. The minimum absolute atomic E-state index is 0.815. The smallest absolute Gasteiger partial charge is 0.133 e. The third-order valence-corrected chi connectivity index (χ3v) is 7.00. The summed E-state index contributed by atoms with van der Waals surface area (Å²) < 4.78 is 0. The van der Waals surface area contributed by atoms with Gasteiger partial charge in [-0.05, 0) is 61.8 Å². The fourth-order valence-electron chi connectivity index (χ4n) is 4.95. The van der Waals surface area contributed by atoms with Crippen molar-refractivity contribution in [1.82, 2.24) is 15.3 Å². The second kappa shape index (κ2) is 9.86. The van der Waals surface area contributed by atoms with Gasteiger partial charge in [-0.1, -0.05) is 31.2 Å². The second-order valence-corrected chi connectivity index (χ2v) is 9.51. The molecule has 2 fully saturated rings. The highest BCUT2D eigenvalue weighted by Gasteiger charge is 2.18. The summed E-state index contributed by atoms with van der Waals surface area (Å²) >= 11 is 0. The highest BCUT2D eigenvalue weighted by atomic mass is 15.2. The molecule has 168 valence electrons. The Morgan fingerprint density at radius 3 is 2.50 bits per heavy atom. The standard InChI is InChI=1S/C27H35N5/c1-21-11-15-31(16-12-21)26-10-9-22(19-29-26)18-28-20-24-17-23-7-3-4-8-25(23)30-27(24)32-13-5-2-6-14-32/h3-4,7-10,17,19,21,28H,2,5-6,11-16,18,20H2,1H3. The number of fused-ring (bicyclic) bond motifs is 1. The summed E-state index contributed by atoms with van der Waals surface area (Å²) in [5.74, 6) is 3.12. The number of nitrogens with one attached hydrogen (secondary N) is 1. The molecular weight excluding hydrogens is 394 g/mol. The van der Waals surface area contributed by atoms with Gasteiger partial charge in [0.15, 0.2) is 0 Å². The first-order valence-corrected chi connectivity index (χ1v) is 12.3. The molecule has 5 nitrogen and oxygen atoms in total. The van der Waals surface area contributed by atoms with Gasteiger partial charge in [0.1, 0.15) is 11.6 Å². The number of benzene rings is 1. The average molecular weight is 430 g/mol. The molecule has 0 atom stereocenters. The summed E-state index contributed by atoms with van der Waals surface area (Å²) in [7, 11) is 0. The molecule has 4 heterocycles. The van der Waals surface area contributed by atoms with E-state index in [4.69, 9.17) is 9.97 Å². The van der Waals surface area contributed by atoms with Gasteiger partial charge < -0.3 is 15.1 Å². The van der Waals surface area contributed by atoms with Gasteiger partial charge in [0.05, 0.1) is 5.52 Å². The SMILES string of the molecule is CC1CCN(c2ccc(CNCc3cc4ccccc4nc3N3CCCCC3)cn2)CC1. The summed E-state index contributed by atoms with van der Waals surface area (Å²) in [4.78, 5) is 14.7. The predicted molar refractivity (Wildman–Crippen MR) is 133 cm³/mol. The van der Waals surface area contributed by atoms with E-state index >= 15 is 0 Å². The van der Waals surface area contributed by atoms with Crippen LogP contribution in [0.25, 0.3) is 10.9 Å². The van der Waals surface area contributed by atoms with E-state index in [0.29, 0.717) is 0 Å². The molecule has 0 aliphatic carbocycles. The van der Waals surface area contributed by atoms with E-state index in [1.807, 2.05) is 6.20 Å². The van der Waals surface area contributed by atoms with Crippen LogP contribution in [0, 0.1) is 5.92 Å². The molecule has 0 bridgehead atoms. The summed E-state index contributed by atoms with van der Waals surface area (Å²) in [6.07, 6.45) is 8.42. The molecule has 0 amide bonds. The molecule has 2 aliphatic rings. The van der Waals surface area contributed by atoms with Gasteiger partial charge in [0, 0.05) is 56.4 Å². The molecule has 3 aromatic rings. The van der Waals surface area contributed by atoms with Crippen molar-refractivity contribution in [2.45, 2.75) is 52.1 Å². The Morgan fingerprint density at radius 1 is 0.906 bits per heavy atom. The van der Waals surface area contributed by atoms with Crippen molar-refractivity contribution >= 4 is 22.5 Å². The zero-order chi connectivity index (χ0) is 21.8. The highest BCUT2D eigenvalue weighted by molar-refractivity contribution is 5.81. The van der Waals surface area contributed by atoms with Crippen molar-refractivity contribution in [3.8, 4) is 0 Å². The Morgan fingerprint density at radius 2 is 1.72 bits per heavy atom. The first kappa shape index (κ1) is 21.2. The fourth-order valence-corrected chi connectivity index (χ4v) is 4.95. The summed E-state index contributed by atoms with van der Waals surface area (Å²) in [6, 6.07) is 15.2. The molecule has 2 aromatic heterocycles. The van der Waals surface area contributed by atoms with Crippen LogP contribution in [0.2, 0.25) is 0 Å². The van der Waals surface area contributed by atoms with Gasteiger partial charge >= 0.3 is 0 Å². The van der Waals surface area contributed by atoms with Crippen LogP contribution in [0.5, 0.6) is 0 Å². The van der Waals surface area contributed by atoms with Gasteiger partial charge in [0.2, 0.25) is 0 Å². The molecule has 2 aliphatic heterocycles. The van der Waals surface area contributed by atoms with Gasteiger partial charge in [0.25, 0.3) is 0 Å². The molecule has 0 saturated carbocycles. The molecule has 2 saturated heterocycles. The number of nitrogens with zero attached hydrogens (tertiary/aromatic N) is 4. The molecule has 0 spiro atoms. The van der Waals surface area contributed by atoms with E-state index < -0.39 is 0 Å². The number of pyridine rings is 2. The minimum atomic E-state index is 0.815. The molecule has 5 rings (SSSR count). The third-order valence-electron chi connectivity index (χ3n) is 7.00. The van der Waals surface area contributed by atoms with Crippen molar-refractivity contribution in [2.24, 2.45) is 5.92 Å². The maximum atomic E-state index is 5.06. The summed E-state index contributed by atoms with van der Waals surface area (Å²) in [5, 5.41) is 4.86. The van der Waals surface area contributed by atoms with E-state index in [1.54, 1.807) is 0 Å². The molecule has 0 unspecified atom stereocenters. The van der Waals surface area contributed by atoms with Gasteiger partial charge in [-0.3, -0.25) is 0 Å². The number of aromatic nitrogens is 2. The lowest BCUT2D eigenvalue weighted by Gasteiger charge is -2.31. The van der Waals surface area contributed by atoms with Crippen molar-refractivity contribution < 1.29 is 0 Å². The average Bonchev–Trinajstić information content (AvgIpc) is 2.85. The lowest BCUT2D eigenvalue weighted by atomic mass is 9.99. The molecule has 32 heavy (non-hydrogen) atoms. The van der Waals surface area contributed by atoms with Crippen molar-refractivity contribution in [3.05, 3.63) is 59.8 Å². The topological polar surface area (TPSA) is 44.3 Å². The van der Waals surface area contributed by atoms with Crippen LogP contribution in [-0.4, -0.2) is 36.1 Å². The van der Waals surface area contributed by atoms with Crippen LogP contribution in [0.15, 0.2) is 48.7 Å². The zero-order valence-electron chi connectivity index (χ0n) is 19.3. The maximum absolute atomic E-state index is 5.06. The fraction of sp³-hybridized carbons (Fsp3) is 0.481. The quantitative estimate of drug-likeness (QED) is 0.587. The highest BCUT2D eigenvalue weighted by Crippen LogP contribution is 2.26. The van der Waals surface area contributed by atoms with Crippen LogP contribution in [0.3, 0.4) is 0 Å². The Labute approximate surface area is 191 Å². The van der Waals surface area contributed by atoms with Gasteiger partial charge in [-0.25, -0.2) is 9.97 Å². The van der Waals surface area contributed by atoms with Crippen LogP contribution in [0.4, 0.5) is 11.6 Å². The van der Waals surface area contributed by atoms with Crippen molar-refractivity contribution in [3.63, 3.8) is 0 Å². The van der Waals surface area contributed by atoms with Crippen LogP contribution >= 0.6 is 0 Å². The van der Waals surface area contributed by atoms with Gasteiger partial charge in [-0.15, -0.1) is 0 Å². The zero-order valence-corrected chi connectivity index (χ0v) is 19.3. The van der Waals surface area contributed by atoms with Crippen LogP contribution in [0.1, 0.15) is 50.2 Å². The predicted octanol–water partition coefficient (Wildman–Crippen LogP) is 5.15.